The van der Waals surface area contributed by atoms with E-state index in [4.69, 9.17) is 14.2 Å². The first-order chi connectivity index (χ1) is 15.4. The van der Waals surface area contributed by atoms with Crippen molar-refractivity contribution in [3.05, 3.63) is 87.4 Å². The molecule has 1 amide bonds. The van der Waals surface area contributed by atoms with Gasteiger partial charge in [0.05, 0.1) is 26.0 Å². The lowest BCUT2D eigenvalue weighted by molar-refractivity contribution is 0.0733. The lowest BCUT2D eigenvalue weighted by Crippen LogP contribution is -2.18. The zero-order chi connectivity index (χ0) is 23.1. The minimum atomic E-state index is -0.577. The van der Waals surface area contributed by atoms with E-state index in [0.29, 0.717) is 28.2 Å². The van der Waals surface area contributed by atoms with Gasteiger partial charge in [0.25, 0.3) is 5.91 Å². The highest BCUT2D eigenvalue weighted by Crippen LogP contribution is 2.29. The van der Waals surface area contributed by atoms with Gasteiger partial charge in [-0.3, -0.25) is 4.79 Å². The van der Waals surface area contributed by atoms with Gasteiger partial charge >= 0.3 is 5.97 Å². The Bertz CT molecular complexity index is 1180. The van der Waals surface area contributed by atoms with Gasteiger partial charge in [-0.15, -0.1) is 0 Å². The highest BCUT2D eigenvalue weighted by molar-refractivity contribution is 9.10. The number of rotatable bonds is 7. The molecule has 8 heteroatoms. The summed E-state index contributed by atoms with van der Waals surface area (Å²) in [4.78, 5) is 25.0. The number of benzene rings is 3. The summed E-state index contributed by atoms with van der Waals surface area (Å²) >= 11 is 3.39. The molecule has 3 rings (SSSR count). The number of hydrogen-bond acceptors (Lipinski definition) is 6. The molecule has 3 aromatic rings. The van der Waals surface area contributed by atoms with E-state index in [1.807, 2.05) is 19.1 Å². The molecule has 32 heavy (non-hydrogen) atoms. The van der Waals surface area contributed by atoms with E-state index in [-0.39, 0.29) is 11.7 Å². The molecule has 164 valence electrons. The van der Waals surface area contributed by atoms with Crippen molar-refractivity contribution in [2.75, 3.05) is 14.2 Å². The van der Waals surface area contributed by atoms with E-state index in [0.717, 1.165) is 10.0 Å². The van der Waals surface area contributed by atoms with Gasteiger partial charge in [0.15, 0.2) is 11.5 Å². The second kappa shape index (κ2) is 10.6. The predicted molar refractivity (Wildman–Crippen MR) is 125 cm³/mol. The number of hydrogen-bond donors (Lipinski definition) is 1. The second-order valence-corrected chi connectivity index (χ2v) is 7.57. The van der Waals surface area contributed by atoms with Crippen LogP contribution in [-0.4, -0.2) is 32.3 Å². The van der Waals surface area contributed by atoms with Gasteiger partial charge in [-0.2, -0.15) is 5.10 Å². The fourth-order valence-corrected chi connectivity index (χ4v) is 3.26. The molecule has 0 heterocycles. The van der Waals surface area contributed by atoms with Crippen LogP contribution in [-0.2, 0) is 0 Å². The van der Waals surface area contributed by atoms with Crippen molar-refractivity contribution in [1.29, 1.82) is 0 Å². The molecule has 0 unspecified atom stereocenters. The van der Waals surface area contributed by atoms with Gasteiger partial charge in [0.2, 0.25) is 0 Å². The Hall–Kier alpha value is -3.65. The molecule has 0 spiro atoms. The summed E-state index contributed by atoms with van der Waals surface area (Å²) in [5.41, 5.74) is 4.65. The third-order valence-corrected chi connectivity index (χ3v) is 5.05. The summed E-state index contributed by atoms with van der Waals surface area (Å²) in [5.74, 6) is 0.287. The number of nitrogens with zero attached hydrogens (tertiary/aromatic N) is 1. The van der Waals surface area contributed by atoms with Crippen molar-refractivity contribution in [3.8, 4) is 17.2 Å². The van der Waals surface area contributed by atoms with Crippen molar-refractivity contribution in [1.82, 2.24) is 5.43 Å². The first-order valence-corrected chi connectivity index (χ1v) is 10.3. The average molecular weight is 497 g/mol. The number of nitrogens with one attached hydrogen (secondary N) is 1. The van der Waals surface area contributed by atoms with Gasteiger partial charge < -0.3 is 14.2 Å². The molecule has 0 atom stereocenters. The largest absolute Gasteiger partial charge is 0.493 e. The molecule has 0 fully saturated rings. The minimum absolute atomic E-state index is 0.280. The van der Waals surface area contributed by atoms with E-state index < -0.39 is 5.97 Å². The summed E-state index contributed by atoms with van der Waals surface area (Å²) in [6, 6.07) is 17.0. The third-order valence-electron chi connectivity index (χ3n) is 4.55. The van der Waals surface area contributed by atoms with Crippen LogP contribution in [0.3, 0.4) is 0 Å². The Balaban J connectivity index is 1.78. The summed E-state index contributed by atoms with van der Waals surface area (Å²) < 4.78 is 16.7. The first-order valence-electron chi connectivity index (χ1n) is 9.55. The van der Waals surface area contributed by atoms with Crippen molar-refractivity contribution >= 4 is 34.0 Å². The van der Waals surface area contributed by atoms with Crippen LogP contribution in [0.5, 0.6) is 17.2 Å². The zero-order valence-corrected chi connectivity index (χ0v) is 19.3. The Morgan fingerprint density at radius 1 is 0.938 bits per heavy atom. The molecule has 0 radical (unpaired) electrons. The molecule has 3 aromatic carbocycles. The molecule has 0 aliphatic carbocycles. The van der Waals surface area contributed by atoms with Crippen LogP contribution in [0.4, 0.5) is 0 Å². The van der Waals surface area contributed by atoms with E-state index in [2.05, 4.69) is 26.5 Å². The Morgan fingerprint density at radius 3 is 2.38 bits per heavy atom. The number of esters is 1. The number of carbonyl (C=O) groups is 2. The van der Waals surface area contributed by atoms with E-state index in [1.54, 1.807) is 42.5 Å². The third kappa shape index (κ3) is 5.53. The Kier molecular flexibility index (Phi) is 7.62. The molecule has 7 nitrogen and oxygen atoms in total. The topological polar surface area (TPSA) is 86.2 Å². The lowest BCUT2D eigenvalue weighted by atomic mass is 10.1. The molecular formula is C24H21BrN2O5. The first kappa shape index (κ1) is 23.0. The molecule has 0 aromatic heterocycles. The zero-order valence-electron chi connectivity index (χ0n) is 17.7. The number of aryl methyl sites for hydroxylation is 1. The van der Waals surface area contributed by atoms with Gasteiger partial charge in [0.1, 0.15) is 5.75 Å². The van der Waals surface area contributed by atoms with Crippen molar-refractivity contribution in [2.24, 2.45) is 5.10 Å². The van der Waals surface area contributed by atoms with Crippen LogP contribution in [0, 0.1) is 6.92 Å². The van der Waals surface area contributed by atoms with Crippen molar-refractivity contribution in [2.45, 2.75) is 6.92 Å². The molecule has 0 aliphatic rings. The summed E-state index contributed by atoms with van der Waals surface area (Å²) in [6.07, 6.45) is 1.41. The number of halogens is 1. The summed E-state index contributed by atoms with van der Waals surface area (Å²) in [6.45, 7) is 1.85. The molecule has 0 saturated heterocycles. The molecule has 1 N–H and O–H groups in total. The van der Waals surface area contributed by atoms with Gasteiger partial charge in [-0.1, -0.05) is 34.1 Å². The average Bonchev–Trinajstić information content (AvgIpc) is 2.80. The SMILES string of the molecule is COc1ccc(C(=O)Oc2ccc(Br)cc2/C=N/NC(=O)c2ccccc2C)cc1OC. The summed E-state index contributed by atoms with van der Waals surface area (Å²) in [7, 11) is 3.00. The van der Waals surface area contributed by atoms with Crippen molar-refractivity contribution in [3.63, 3.8) is 0 Å². The highest BCUT2D eigenvalue weighted by Gasteiger charge is 2.15. The van der Waals surface area contributed by atoms with Gasteiger partial charge in [-0.25, -0.2) is 10.2 Å². The number of carbonyl (C=O) groups excluding carboxylic acids is 2. The normalized spacial score (nSPS) is 10.6. The highest BCUT2D eigenvalue weighted by atomic mass is 79.9. The monoisotopic (exact) mass is 496 g/mol. The quantitative estimate of drug-likeness (QED) is 0.220. The predicted octanol–water partition coefficient (Wildman–Crippen LogP) is 4.76. The molecule has 0 aliphatic heterocycles. The Morgan fingerprint density at radius 2 is 1.66 bits per heavy atom. The van der Waals surface area contributed by atoms with Crippen LogP contribution < -0.4 is 19.6 Å². The number of amides is 1. The summed E-state index contributed by atoms with van der Waals surface area (Å²) in [5, 5.41) is 4.02. The van der Waals surface area contributed by atoms with Crippen LogP contribution in [0.15, 0.2) is 70.2 Å². The molecular weight excluding hydrogens is 476 g/mol. The van der Waals surface area contributed by atoms with E-state index in [1.165, 1.54) is 26.5 Å². The lowest BCUT2D eigenvalue weighted by Gasteiger charge is -2.11. The van der Waals surface area contributed by atoms with E-state index in [9.17, 15) is 9.59 Å². The molecule has 0 saturated carbocycles. The van der Waals surface area contributed by atoms with Gasteiger partial charge in [0, 0.05) is 15.6 Å². The fourth-order valence-electron chi connectivity index (χ4n) is 2.88. The maximum Gasteiger partial charge on any atom is 0.343 e. The number of ether oxygens (including phenoxy) is 3. The maximum absolute atomic E-state index is 12.7. The van der Waals surface area contributed by atoms with Crippen molar-refractivity contribution < 1.29 is 23.8 Å². The molecule has 0 bridgehead atoms. The maximum atomic E-state index is 12.7. The standard InChI is InChI=1S/C24H21BrN2O5/c1-15-6-4-5-7-19(15)23(28)27-26-14-17-12-18(25)9-11-20(17)32-24(29)16-8-10-21(30-2)22(13-16)31-3/h4-14H,1-3H3,(H,27,28)/b26-14+. The van der Waals surface area contributed by atoms with Crippen LogP contribution in [0.1, 0.15) is 31.8 Å². The minimum Gasteiger partial charge on any atom is -0.493 e. The second-order valence-electron chi connectivity index (χ2n) is 6.66. The Labute approximate surface area is 194 Å². The van der Waals surface area contributed by atoms with Crippen LogP contribution in [0.2, 0.25) is 0 Å². The van der Waals surface area contributed by atoms with E-state index >= 15 is 0 Å². The fraction of sp³-hybridized carbons (Fsp3) is 0.125. The smallest absolute Gasteiger partial charge is 0.343 e. The number of hydrazone groups is 1. The van der Waals surface area contributed by atoms with Gasteiger partial charge in [-0.05, 0) is 55.0 Å². The number of methoxy groups -OCH3 is 2. The van der Waals surface area contributed by atoms with Crippen LogP contribution >= 0.6 is 15.9 Å². The van der Waals surface area contributed by atoms with Crippen LogP contribution in [0.25, 0.3) is 0 Å².